The van der Waals surface area contributed by atoms with Crippen LogP contribution in [0.2, 0.25) is 0 Å². The molecule has 1 rings (SSSR count). The molecular weight excluding hydrogens is 272 g/mol. The smallest absolute Gasteiger partial charge is 0.254 e. The molecule has 0 aliphatic carbocycles. The fourth-order valence-electron chi connectivity index (χ4n) is 2.05. The van der Waals surface area contributed by atoms with Crippen molar-refractivity contribution in [1.29, 1.82) is 0 Å². The lowest BCUT2D eigenvalue weighted by Crippen LogP contribution is -2.43. The van der Waals surface area contributed by atoms with Crippen molar-refractivity contribution in [2.75, 3.05) is 46.8 Å². The molecule has 1 aromatic rings. The zero-order chi connectivity index (χ0) is 15.8. The summed E-state index contributed by atoms with van der Waals surface area (Å²) >= 11 is 0. The third kappa shape index (κ3) is 4.61. The van der Waals surface area contributed by atoms with Crippen LogP contribution >= 0.6 is 0 Å². The van der Waals surface area contributed by atoms with Crippen LogP contribution < -0.4 is 10.5 Å². The molecule has 0 bridgehead atoms. The van der Waals surface area contributed by atoms with Crippen LogP contribution in [0.3, 0.4) is 0 Å². The third-order valence-electron chi connectivity index (χ3n) is 3.22. The van der Waals surface area contributed by atoms with Crippen LogP contribution in [-0.2, 0) is 9.47 Å². The maximum atomic E-state index is 12.7. The van der Waals surface area contributed by atoms with Gasteiger partial charge in [0.2, 0.25) is 0 Å². The zero-order valence-electron chi connectivity index (χ0n) is 13.1. The van der Waals surface area contributed by atoms with Gasteiger partial charge in [0.25, 0.3) is 5.91 Å². The molecule has 21 heavy (non-hydrogen) atoms. The zero-order valence-corrected chi connectivity index (χ0v) is 13.1. The first-order valence-electron chi connectivity index (χ1n) is 6.77. The Labute approximate surface area is 125 Å². The lowest BCUT2D eigenvalue weighted by atomic mass is 10.1. The van der Waals surface area contributed by atoms with Gasteiger partial charge in [0.1, 0.15) is 5.75 Å². The first-order valence-corrected chi connectivity index (χ1v) is 6.77. The van der Waals surface area contributed by atoms with E-state index in [1.54, 1.807) is 37.3 Å². The second-order valence-electron chi connectivity index (χ2n) is 4.75. The minimum absolute atomic E-state index is 0.0544. The van der Waals surface area contributed by atoms with Gasteiger partial charge in [0, 0.05) is 26.3 Å². The molecule has 2 N–H and O–H groups in total. The molecule has 0 radical (unpaired) electrons. The van der Waals surface area contributed by atoms with Crippen LogP contribution in [0.15, 0.2) is 18.2 Å². The molecule has 1 unspecified atom stereocenters. The van der Waals surface area contributed by atoms with E-state index in [9.17, 15) is 4.79 Å². The third-order valence-corrected chi connectivity index (χ3v) is 3.22. The summed E-state index contributed by atoms with van der Waals surface area (Å²) in [7, 11) is 4.74. The second-order valence-corrected chi connectivity index (χ2v) is 4.75. The van der Waals surface area contributed by atoms with Crippen molar-refractivity contribution in [2.24, 2.45) is 0 Å². The van der Waals surface area contributed by atoms with Gasteiger partial charge >= 0.3 is 0 Å². The van der Waals surface area contributed by atoms with Gasteiger partial charge in [-0.15, -0.1) is 0 Å². The Hall–Kier alpha value is -1.79. The Kier molecular flexibility index (Phi) is 6.98. The topological polar surface area (TPSA) is 74.0 Å². The number of nitrogens with two attached hydrogens (primary N) is 1. The average Bonchev–Trinajstić information content (AvgIpc) is 2.48. The van der Waals surface area contributed by atoms with Gasteiger partial charge in [0.05, 0.1) is 32.1 Å². The summed E-state index contributed by atoms with van der Waals surface area (Å²) in [6, 6.07) is 4.96. The number of hydrogen-bond donors (Lipinski definition) is 1. The number of nitrogens with zero attached hydrogens (tertiary/aromatic N) is 1. The van der Waals surface area contributed by atoms with E-state index < -0.39 is 0 Å². The number of amides is 1. The van der Waals surface area contributed by atoms with Gasteiger partial charge in [0.15, 0.2) is 0 Å². The molecule has 1 atom stereocenters. The van der Waals surface area contributed by atoms with E-state index >= 15 is 0 Å². The summed E-state index contributed by atoms with van der Waals surface area (Å²) in [6.07, 6.45) is 0. The summed E-state index contributed by atoms with van der Waals surface area (Å²) in [4.78, 5) is 14.4. The average molecular weight is 296 g/mol. The van der Waals surface area contributed by atoms with Crippen molar-refractivity contribution in [3.63, 3.8) is 0 Å². The summed E-state index contributed by atoms with van der Waals surface area (Å²) in [5.41, 5.74) is 6.80. The summed E-state index contributed by atoms with van der Waals surface area (Å²) < 4.78 is 15.4. The van der Waals surface area contributed by atoms with E-state index in [0.717, 1.165) is 0 Å². The van der Waals surface area contributed by atoms with Crippen LogP contribution in [0.1, 0.15) is 17.3 Å². The molecule has 1 aromatic carbocycles. The lowest BCUT2D eigenvalue weighted by molar-refractivity contribution is 0.0479. The predicted molar refractivity (Wildman–Crippen MR) is 81.7 cm³/mol. The Morgan fingerprint density at radius 2 is 2.00 bits per heavy atom. The first kappa shape index (κ1) is 17.3. The molecule has 118 valence electrons. The van der Waals surface area contributed by atoms with Gasteiger partial charge in [-0.05, 0) is 25.1 Å². The van der Waals surface area contributed by atoms with Gasteiger partial charge < -0.3 is 24.8 Å². The van der Waals surface area contributed by atoms with Crippen molar-refractivity contribution in [3.8, 4) is 5.75 Å². The molecule has 0 spiro atoms. The highest BCUT2D eigenvalue weighted by molar-refractivity contribution is 5.95. The molecular formula is C15H24N2O4. The molecule has 0 aromatic heterocycles. The number of carbonyl (C=O) groups is 1. The molecule has 1 amide bonds. The quantitative estimate of drug-likeness (QED) is 0.734. The number of benzene rings is 1. The second kappa shape index (κ2) is 8.49. The summed E-state index contributed by atoms with van der Waals surface area (Å²) in [6.45, 7) is 3.35. The number of carbonyl (C=O) groups excluding carboxylic acids is 1. The molecule has 0 saturated heterocycles. The van der Waals surface area contributed by atoms with E-state index in [-0.39, 0.29) is 11.9 Å². The number of methoxy groups -OCH3 is 3. The molecule has 6 heteroatoms. The molecule has 0 aliphatic heterocycles. The SMILES string of the molecule is COCCN(C(=O)c1ccc(N)c(OC)c1)C(C)COC. The van der Waals surface area contributed by atoms with Crippen molar-refractivity contribution in [3.05, 3.63) is 23.8 Å². The van der Waals surface area contributed by atoms with Crippen molar-refractivity contribution in [1.82, 2.24) is 4.90 Å². The minimum Gasteiger partial charge on any atom is -0.495 e. The fourth-order valence-corrected chi connectivity index (χ4v) is 2.05. The number of rotatable bonds is 8. The fraction of sp³-hybridized carbons (Fsp3) is 0.533. The van der Waals surface area contributed by atoms with Crippen LogP contribution in [-0.4, -0.2) is 57.9 Å². The summed E-state index contributed by atoms with van der Waals surface area (Å²) in [5.74, 6) is 0.391. The van der Waals surface area contributed by atoms with Gasteiger partial charge in [-0.1, -0.05) is 0 Å². The van der Waals surface area contributed by atoms with Crippen LogP contribution in [0.5, 0.6) is 5.75 Å². The van der Waals surface area contributed by atoms with Gasteiger partial charge in [-0.3, -0.25) is 4.79 Å². The maximum Gasteiger partial charge on any atom is 0.254 e. The molecule has 0 aliphatic rings. The maximum absolute atomic E-state index is 12.7. The lowest BCUT2D eigenvalue weighted by Gasteiger charge is -2.29. The Morgan fingerprint density at radius 3 is 2.57 bits per heavy atom. The van der Waals surface area contributed by atoms with Gasteiger partial charge in [-0.25, -0.2) is 0 Å². The molecule has 0 heterocycles. The highest BCUT2D eigenvalue weighted by Gasteiger charge is 2.22. The van der Waals surface area contributed by atoms with E-state index in [4.69, 9.17) is 19.9 Å². The standard InChI is InChI=1S/C15H24N2O4/c1-11(10-20-3)17(7-8-19-2)15(18)12-5-6-13(16)14(9-12)21-4/h5-6,9,11H,7-8,10,16H2,1-4H3. The molecule has 0 fully saturated rings. The Balaban J connectivity index is 2.98. The minimum atomic E-state index is -0.102. The predicted octanol–water partition coefficient (Wildman–Crippen LogP) is 1.40. The largest absolute Gasteiger partial charge is 0.495 e. The van der Waals surface area contributed by atoms with Crippen molar-refractivity contribution >= 4 is 11.6 Å². The monoisotopic (exact) mass is 296 g/mol. The molecule has 6 nitrogen and oxygen atoms in total. The normalized spacial score (nSPS) is 12.0. The number of ether oxygens (including phenoxy) is 3. The Bertz CT molecular complexity index is 465. The van der Waals surface area contributed by atoms with E-state index in [2.05, 4.69) is 0 Å². The Morgan fingerprint density at radius 1 is 1.29 bits per heavy atom. The van der Waals surface area contributed by atoms with Crippen molar-refractivity contribution in [2.45, 2.75) is 13.0 Å². The number of hydrogen-bond acceptors (Lipinski definition) is 5. The molecule has 0 saturated carbocycles. The first-order chi connectivity index (χ1) is 10.0. The summed E-state index contributed by atoms with van der Waals surface area (Å²) in [5, 5.41) is 0. The highest BCUT2D eigenvalue weighted by Crippen LogP contribution is 2.23. The highest BCUT2D eigenvalue weighted by atomic mass is 16.5. The number of nitrogen functional groups attached to an aromatic ring is 1. The van der Waals surface area contributed by atoms with E-state index in [1.165, 1.54) is 7.11 Å². The number of anilines is 1. The van der Waals surface area contributed by atoms with E-state index in [1.807, 2.05) is 6.92 Å². The van der Waals surface area contributed by atoms with E-state index in [0.29, 0.717) is 36.8 Å². The van der Waals surface area contributed by atoms with Crippen LogP contribution in [0.25, 0.3) is 0 Å². The van der Waals surface area contributed by atoms with Crippen LogP contribution in [0.4, 0.5) is 5.69 Å². The van der Waals surface area contributed by atoms with Gasteiger partial charge in [-0.2, -0.15) is 0 Å². The van der Waals surface area contributed by atoms with Crippen molar-refractivity contribution < 1.29 is 19.0 Å². The van der Waals surface area contributed by atoms with Crippen LogP contribution in [0, 0.1) is 0 Å².